The van der Waals surface area contributed by atoms with E-state index in [1.54, 1.807) is 7.05 Å². The Balaban J connectivity index is 1.53. The van der Waals surface area contributed by atoms with E-state index in [2.05, 4.69) is 41.9 Å². The molecule has 2 amide bonds. The molecule has 0 saturated carbocycles. The molecule has 0 bridgehead atoms. The Labute approximate surface area is 201 Å². The van der Waals surface area contributed by atoms with Crippen LogP contribution in [0.4, 0.5) is 0 Å². The fourth-order valence-electron chi connectivity index (χ4n) is 3.38. The lowest BCUT2D eigenvalue weighted by molar-refractivity contribution is -0.192. The van der Waals surface area contributed by atoms with Gasteiger partial charge in [-0.3, -0.25) is 19.3 Å². The number of halogens is 1. The molecule has 0 aliphatic carbocycles. The molecule has 0 unspecified atom stereocenters. The molecule has 0 spiro atoms. The van der Waals surface area contributed by atoms with Crippen LogP contribution in [-0.4, -0.2) is 82.9 Å². The van der Waals surface area contributed by atoms with E-state index < -0.39 is 34.4 Å². The monoisotopic (exact) mass is 561 g/mol. The molecule has 4 heterocycles. The van der Waals surface area contributed by atoms with Crippen LogP contribution in [0.2, 0.25) is 0 Å². The largest absolute Gasteiger partial charge is 0.477 e. The highest BCUT2D eigenvalue weighted by Gasteiger charge is 2.66. The van der Waals surface area contributed by atoms with Crippen molar-refractivity contribution in [2.45, 2.75) is 22.7 Å². The number of nitrogens with one attached hydrogen (secondary N) is 2. The molecule has 2 aromatic rings. The smallest absolute Gasteiger partial charge is 0.352 e. The average Bonchev–Trinajstić information content (AvgIpc) is 3.34. The number of tetrazole rings is 1. The van der Waals surface area contributed by atoms with E-state index in [1.165, 1.54) is 35.3 Å². The second-order valence-corrected chi connectivity index (χ2v) is 9.71. The van der Waals surface area contributed by atoms with Gasteiger partial charge in [-0.1, -0.05) is 11.8 Å². The topological polar surface area (TPSA) is 186 Å². The van der Waals surface area contributed by atoms with Crippen LogP contribution >= 0.6 is 39.5 Å². The molecule has 0 radical (unpaired) electrons. The summed E-state index contributed by atoms with van der Waals surface area (Å²) in [5.41, 5.74) is -1.93. The predicted octanol–water partition coefficient (Wildman–Crippen LogP) is -0.699. The number of methoxy groups -OCH3 is 1. The van der Waals surface area contributed by atoms with Crippen molar-refractivity contribution in [1.82, 2.24) is 35.6 Å². The van der Waals surface area contributed by atoms with Crippen molar-refractivity contribution < 1.29 is 28.8 Å². The number of aromatic nitrogens is 5. The summed E-state index contributed by atoms with van der Waals surface area (Å²) in [6, 6.07) is 0. The quantitative estimate of drug-likeness (QED) is 0.209. The van der Waals surface area contributed by atoms with Gasteiger partial charge in [-0.25, -0.2) is 9.48 Å². The van der Waals surface area contributed by atoms with Crippen molar-refractivity contribution in [3.05, 3.63) is 31.9 Å². The molecular weight excluding hydrogens is 546 g/mol. The lowest BCUT2D eigenvalue weighted by Crippen LogP contribution is -2.80. The number of β-lactam (4-membered cyclic amide) rings is 1. The summed E-state index contributed by atoms with van der Waals surface area (Å²) >= 11 is 5.52. The van der Waals surface area contributed by atoms with Gasteiger partial charge in [-0.2, -0.15) is 5.16 Å². The zero-order valence-electron chi connectivity index (χ0n) is 17.0. The summed E-state index contributed by atoms with van der Waals surface area (Å²) in [6.07, 6.45) is -0.343. The van der Waals surface area contributed by atoms with Gasteiger partial charge < -0.3 is 19.7 Å². The number of nitrogens with zero attached hydrogens (tertiary/aromatic N) is 5. The molecule has 1 fully saturated rings. The summed E-state index contributed by atoms with van der Waals surface area (Å²) < 4.78 is 11.8. The number of aryl methyl sites for hydroxylation is 1. The first-order chi connectivity index (χ1) is 15.7. The number of aliphatic carboxylic acids is 1. The van der Waals surface area contributed by atoms with Gasteiger partial charge in [-0.05, 0) is 31.9 Å². The Morgan fingerprint density at radius 2 is 2.24 bits per heavy atom. The van der Waals surface area contributed by atoms with Crippen molar-refractivity contribution >= 4 is 57.2 Å². The van der Waals surface area contributed by atoms with Crippen molar-refractivity contribution in [2.24, 2.45) is 7.05 Å². The Morgan fingerprint density at radius 1 is 1.48 bits per heavy atom. The van der Waals surface area contributed by atoms with Crippen molar-refractivity contribution in [1.29, 1.82) is 0 Å². The molecule has 1 saturated heterocycles. The number of hydrogen-bond acceptors (Lipinski definition) is 11. The number of amides is 2. The number of fused-ring (bicyclic) bond motifs is 1. The number of carbonyl (C=O) groups excluding carboxylic acids is 2. The van der Waals surface area contributed by atoms with E-state index in [1.807, 2.05) is 0 Å². The fourth-order valence-corrected chi connectivity index (χ4v) is 6.11. The van der Waals surface area contributed by atoms with Gasteiger partial charge in [-0.15, -0.1) is 16.9 Å². The number of H-pyrrole nitrogens is 1. The molecule has 3 N–H and O–H groups in total. The van der Waals surface area contributed by atoms with Crippen molar-refractivity contribution in [3.8, 4) is 0 Å². The van der Waals surface area contributed by atoms with E-state index in [0.29, 0.717) is 10.7 Å². The van der Waals surface area contributed by atoms with Crippen LogP contribution in [0.3, 0.4) is 0 Å². The summed E-state index contributed by atoms with van der Waals surface area (Å²) in [5.74, 6) is -2.04. The molecule has 176 valence electrons. The molecule has 2 aromatic heterocycles. The lowest BCUT2D eigenvalue weighted by Gasteiger charge is -2.55. The average molecular weight is 562 g/mol. The van der Waals surface area contributed by atoms with Gasteiger partial charge in [0.15, 0.2) is 5.76 Å². The Kier molecular flexibility index (Phi) is 6.39. The molecule has 2 aliphatic rings. The number of rotatable bonds is 8. The van der Waals surface area contributed by atoms with Crippen LogP contribution in [0.5, 0.6) is 0 Å². The van der Waals surface area contributed by atoms with Crippen LogP contribution in [0.1, 0.15) is 5.76 Å². The molecule has 4 rings (SSSR count). The highest BCUT2D eigenvalue weighted by atomic mass is 79.9. The predicted molar refractivity (Wildman–Crippen MR) is 116 cm³/mol. The van der Waals surface area contributed by atoms with Gasteiger partial charge >= 0.3 is 5.97 Å². The molecular formula is C16H16BrN7O7S2. The maximum Gasteiger partial charge on any atom is 0.352 e. The third-order valence-corrected chi connectivity index (χ3v) is 8.22. The van der Waals surface area contributed by atoms with Gasteiger partial charge in [0, 0.05) is 25.7 Å². The lowest BCUT2D eigenvalue weighted by atomic mass is 9.98. The normalized spacial score (nSPS) is 22.2. The standard InChI is InChI=1S/C16H16BrN7O7S2/c1-23-15(19-21-22-23)33-5-6-4-32-14-16(30-2,13(29)24(14)10(6)12(27)28)18-8(25)3-7-9(17)11(26)20-31-7/h14H,3-5H2,1-2H3,(H,18,25)(H,20,26)(H,27,28)/t14-,16-/m0/s1. The Morgan fingerprint density at radius 3 is 2.82 bits per heavy atom. The SMILES string of the molecule is CO[C@@]1(NC(=O)Cc2o[nH]c(=O)c2Br)C(=O)N2C(C(=O)O)=C(CSc3nnnn3C)CS[C@H]21. The first kappa shape index (κ1) is 23.5. The maximum atomic E-state index is 13.1. The molecule has 2 aliphatic heterocycles. The Bertz CT molecular complexity index is 1220. The van der Waals surface area contributed by atoms with Gasteiger partial charge in [0.2, 0.25) is 11.1 Å². The van der Waals surface area contributed by atoms with Gasteiger partial charge in [0.25, 0.3) is 17.2 Å². The van der Waals surface area contributed by atoms with Crippen LogP contribution in [0.25, 0.3) is 0 Å². The second-order valence-electron chi connectivity index (χ2n) is 6.90. The van der Waals surface area contributed by atoms with Crippen LogP contribution in [-0.2, 0) is 32.6 Å². The van der Waals surface area contributed by atoms with Crippen molar-refractivity contribution in [3.63, 3.8) is 0 Å². The summed E-state index contributed by atoms with van der Waals surface area (Å²) in [7, 11) is 2.91. The molecule has 17 heteroatoms. The third-order valence-electron chi connectivity index (χ3n) is 4.95. The maximum absolute atomic E-state index is 13.1. The minimum Gasteiger partial charge on any atom is -0.477 e. The summed E-state index contributed by atoms with van der Waals surface area (Å²) in [4.78, 5) is 50.3. The van der Waals surface area contributed by atoms with Gasteiger partial charge in [0.1, 0.15) is 15.5 Å². The molecule has 14 nitrogen and oxygen atoms in total. The number of carbonyl (C=O) groups is 3. The number of carboxylic acids is 1. The highest BCUT2D eigenvalue weighted by molar-refractivity contribution is 9.10. The first-order valence-electron chi connectivity index (χ1n) is 9.17. The summed E-state index contributed by atoms with van der Waals surface area (Å²) in [5, 5.41) is 25.3. The fraction of sp³-hybridized carbons (Fsp3) is 0.438. The first-order valence-corrected chi connectivity index (χ1v) is 12.0. The number of hydrogen-bond donors (Lipinski definition) is 3. The van der Waals surface area contributed by atoms with E-state index in [-0.39, 0.29) is 33.9 Å². The molecule has 2 atom stereocenters. The van der Waals surface area contributed by atoms with Crippen molar-refractivity contribution in [2.75, 3.05) is 18.6 Å². The second kappa shape index (κ2) is 8.96. The van der Waals surface area contributed by atoms with Crippen LogP contribution < -0.4 is 10.9 Å². The zero-order valence-corrected chi connectivity index (χ0v) is 20.2. The minimum atomic E-state index is -1.75. The number of aromatic amines is 1. The highest BCUT2D eigenvalue weighted by Crippen LogP contribution is 2.47. The number of carboxylic acid groups (broad SMARTS) is 1. The van der Waals surface area contributed by atoms with E-state index >= 15 is 0 Å². The Hall–Kier alpha value is -2.63. The third kappa shape index (κ3) is 3.98. The number of thioether (sulfide) groups is 2. The minimum absolute atomic E-state index is 0.0485. The van der Waals surface area contributed by atoms with E-state index in [0.717, 1.165) is 4.90 Å². The van der Waals surface area contributed by atoms with E-state index in [4.69, 9.17) is 9.26 Å². The van der Waals surface area contributed by atoms with Crippen LogP contribution in [0.15, 0.2) is 30.2 Å². The van der Waals surface area contributed by atoms with E-state index in [9.17, 15) is 24.3 Å². The zero-order chi connectivity index (χ0) is 23.9. The molecule has 0 aromatic carbocycles. The summed E-state index contributed by atoms with van der Waals surface area (Å²) in [6.45, 7) is 0. The molecule has 33 heavy (non-hydrogen) atoms. The van der Waals surface area contributed by atoms with Gasteiger partial charge in [0.05, 0.1) is 6.42 Å². The number of ether oxygens (including phenoxy) is 1. The van der Waals surface area contributed by atoms with Crippen LogP contribution in [0, 0.1) is 0 Å².